The molecule has 0 saturated carbocycles. The Hall–Kier alpha value is -0.470. The van der Waals surface area contributed by atoms with E-state index in [9.17, 15) is 0 Å². The lowest BCUT2D eigenvalue weighted by molar-refractivity contribution is 0.0927. The van der Waals surface area contributed by atoms with Crippen molar-refractivity contribution >= 4 is 11.8 Å². The summed E-state index contributed by atoms with van der Waals surface area (Å²) in [7, 11) is 0. The molecule has 1 fully saturated rings. The van der Waals surface area contributed by atoms with Crippen molar-refractivity contribution in [3.63, 3.8) is 0 Å². The summed E-state index contributed by atoms with van der Waals surface area (Å²) in [6, 6.07) is 0. The molecule has 1 unspecified atom stereocenters. The van der Waals surface area contributed by atoms with Crippen LogP contribution in [0.2, 0.25) is 0 Å². The normalized spacial score (nSPS) is 31.7. The molecule has 2 rings (SSSR count). The third-order valence-corrected chi connectivity index (χ3v) is 3.96. The van der Waals surface area contributed by atoms with E-state index in [2.05, 4.69) is 38.2 Å². The molecule has 0 aromatic carbocycles. The highest BCUT2D eigenvalue weighted by molar-refractivity contribution is 8.00. The van der Waals surface area contributed by atoms with Crippen LogP contribution in [0.15, 0.2) is 35.5 Å². The molecular weight excluding hydrogens is 180 g/mol. The molecule has 1 heterocycles. The van der Waals surface area contributed by atoms with Crippen LogP contribution in [0.4, 0.5) is 0 Å². The lowest BCUT2D eigenvalue weighted by Gasteiger charge is -2.24. The first kappa shape index (κ1) is 9.10. The van der Waals surface area contributed by atoms with Crippen LogP contribution in [0, 0.1) is 0 Å². The van der Waals surface area contributed by atoms with Gasteiger partial charge in [-0.05, 0) is 25.0 Å². The SMILES string of the molecule is CC(=C1C=CC=C1)C1(C)OCCS1. The number of ether oxygens (including phenoxy) is 1. The zero-order chi connectivity index (χ0) is 9.31. The standard InChI is InChI=1S/C11H14OS/c1-9(10-5-3-4-6-10)11(2)12-7-8-13-11/h3-6H,7-8H2,1-2H3. The van der Waals surface area contributed by atoms with Crippen molar-refractivity contribution in [2.75, 3.05) is 12.4 Å². The molecule has 2 aliphatic rings. The Balaban J connectivity index is 2.29. The topological polar surface area (TPSA) is 9.23 Å². The molecule has 0 aromatic rings. The molecule has 1 nitrogen and oxygen atoms in total. The first-order chi connectivity index (χ1) is 6.22. The van der Waals surface area contributed by atoms with E-state index in [0.29, 0.717) is 0 Å². The maximum absolute atomic E-state index is 5.75. The Morgan fingerprint density at radius 3 is 2.69 bits per heavy atom. The van der Waals surface area contributed by atoms with Crippen molar-refractivity contribution in [3.05, 3.63) is 35.5 Å². The van der Waals surface area contributed by atoms with Crippen LogP contribution in [0.3, 0.4) is 0 Å². The van der Waals surface area contributed by atoms with Crippen LogP contribution < -0.4 is 0 Å². The first-order valence-electron chi connectivity index (χ1n) is 4.56. The minimum absolute atomic E-state index is 0.0889. The van der Waals surface area contributed by atoms with E-state index in [-0.39, 0.29) is 4.93 Å². The zero-order valence-corrected chi connectivity index (χ0v) is 8.86. The lowest BCUT2D eigenvalue weighted by Crippen LogP contribution is -2.21. The molecule has 0 spiro atoms. The maximum atomic E-state index is 5.75. The van der Waals surface area contributed by atoms with Crippen LogP contribution in [-0.2, 0) is 4.74 Å². The number of thioether (sulfide) groups is 1. The molecule has 13 heavy (non-hydrogen) atoms. The fourth-order valence-electron chi connectivity index (χ4n) is 1.62. The van der Waals surface area contributed by atoms with Crippen molar-refractivity contribution in [2.24, 2.45) is 0 Å². The van der Waals surface area contributed by atoms with Crippen molar-refractivity contribution in [3.8, 4) is 0 Å². The van der Waals surface area contributed by atoms with E-state index < -0.39 is 0 Å². The number of rotatable bonds is 1. The molecule has 1 atom stereocenters. The number of allylic oxidation sites excluding steroid dienone is 5. The van der Waals surface area contributed by atoms with Gasteiger partial charge in [0, 0.05) is 5.75 Å². The Labute approximate surface area is 83.5 Å². The summed E-state index contributed by atoms with van der Waals surface area (Å²) in [6.45, 7) is 5.19. The molecule has 2 heteroatoms. The molecular formula is C11H14OS. The Kier molecular flexibility index (Phi) is 2.35. The highest BCUT2D eigenvalue weighted by Gasteiger charge is 2.33. The Bertz CT molecular complexity index is 279. The minimum Gasteiger partial charge on any atom is -0.360 e. The highest BCUT2D eigenvalue weighted by atomic mass is 32.2. The van der Waals surface area contributed by atoms with Crippen molar-refractivity contribution in [1.82, 2.24) is 0 Å². The molecule has 1 aliphatic carbocycles. The number of hydrogen-bond donors (Lipinski definition) is 0. The van der Waals surface area contributed by atoms with Gasteiger partial charge in [0.15, 0.2) is 0 Å². The molecule has 0 radical (unpaired) electrons. The molecule has 70 valence electrons. The van der Waals surface area contributed by atoms with E-state index in [4.69, 9.17) is 4.74 Å². The summed E-state index contributed by atoms with van der Waals surface area (Å²) in [5.74, 6) is 1.11. The van der Waals surface area contributed by atoms with Gasteiger partial charge in [-0.1, -0.05) is 24.3 Å². The quantitative estimate of drug-likeness (QED) is 0.634. The van der Waals surface area contributed by atoms with E-state index in [1.807, 2.05) is 11.8 Å². The Morgan fingerprint density at radius 2 is 2.15 bits per heavy atom. The van der Waals surface area contributed by atoms with Gasteiger partial charge in [0.1, 0.15) is 4.93 Å². The Morgan fingerprint density at radius 1 is 1.46 bits per heavy atom. The smallest absolute Gasteiger partial charge is 0.133 e. The summed E-state index contributed by atoms with van der Waals surface area (Å²) in [4.78, 5) is -0.0889. The van der Waals surface area contributed by atoms with E-state index >= 15 is 0 Å². The van der Waals surface area contributed by atoms with Crippen LogP contribution in [0.1, 0.15) is 13.8 Å². The summed E-state index contributed by atoms with van der Waals surface area (Å²) in [5, 5.41) is 0. The first-order valence-corrected chi connectivity index (χ1v) is 5.55. The summed E-state index contributed by atoms with van der Waals surface area (Å²) in [6.07, 6.45) is 8.43. The highest BCUT2D eigenvalue weighted by Crippen LogP contribution is 2.40. The van der Waals surface area contributed by atoms with Crippen molar-refractivity contribution in [2.45, 2.75) is 18.8 Å². The maximum Gasteiger partial charge on any atom is 0.133 e. The van der Waals surface area contributed by atoms with Gasteiger partial charge in [-0.3, -0.25) is 0 Å². The van der Waals surface area contributed by atoms with Gasteiger partial charge in [0.05, 0.1) is 6.61 Å². The van der Waals surface area contributed by atoms with Gasteiger partial charge in [-0.2, -0.15) is 0 Å². The van der Waals surface area contributed by atoms with Gasteiger partial charge in [0.25, 0.3) is 0 Å². The van der Waals surface area contributed by atoms with E-state index in [1.165, 1.54) is 11.1 Å². The minimum atomic E-state index is -0.0889. The largest absolute Gasteiger partial charge is 0.360 e. The monoisotopic (exact) mass is 194 g/mol. The molecule has 1 aliphatic heterocycles. The predicted molar refractivity (Wildman–Crippen MR) is 57.8 cm³/mol. The fraction of sp³-hybridized carbons (Fsp3) is 0.455. The second-order valence-electron chi connectivity index (χ2n) is 3.44. The van der Waals surface area contributed by atoms with Crippen LogP contribution >= 0.6 is 11.8 Å². The zero-order valence-electron chi connectivity index (χ0n) is 8.04. The van der Waals surface area contributed by atoms with E-state index in [1.54, 1.807) is 0 Å². The van der Waals surface area contributed by atoms with Crippen molar-refractivity contribution in [1.29, 1.82) is 0 Å². The van der Waals surface area contributed by atoms with Crippen LogP contribution in [0.25, 0.3) is 0 Å². The van der Waals surface area contributed by atoms with Gasteiger partial charge in [0.2, 0.25) is 0 Å². The molecule has 0 bridgehead atoms. The van der Waals surface area contributed by atoms with Crippen LogP contribution in [0.5, 0.6) is 0 Å². The number of hydrogen-bond acceptors (Lipinski definition) is 2. The molecule has 1 saturated heterocycles. The predicted octanol–water partition coefficient (Wildman–Crippen LogP) is 2.91. The molecule has 0 aromatic heterocycles. The van der Waals surface area contributed by atoms with Gasteiger partial charge >= 0.3 is 0 Å². The van der Waals surface area contributed by atoms with Gasteiger partial charge in [-0.25, -0.2) is 0 Å². The fourth-order valence-corrected chi connectivity index (χ4v) is 2.67. The average molecular weight is 194 g/mol. The van der Waals surface area contributed by atoms with E-state index in [0.717, 1.165) is 12.4 Å². The van der Waals surface area contributed by atoms with Crippen molar-refractivity contribution < 1.29 is 4.74 Å². The summed E-state index contributed by atoms with van der Waals surface area (Å²) < 4.78 is 5.75. The lowest BCUT2D eigenvalue weighted by atomic mass is 10.1. The summed E-state index contributed by atoms with van der Waals surface area (Å²) >= 11 is 1.89. The summed E-state index contributed by atoms with van der Waals surface area (Å²) in [5.41, 5.74) is 2.64. The van der Waals surface area contributed by atoms with Gasteiger partial charge in [-0.15, -0.1) is 11.8 Å². The van der Waals surface area contributed by atoms with Crippen LogP contribution in [-0.4, -0.2) is 17.3 Å². The average Bonchev–Trinajstić information content (AvgIpc) is 2.73. The third-order valence-electron chi connectivity index (χ3n) is 2.62. The molecule has 0 N–H and O–H groups in total. The second kappa shape index (κ2) is 3.35. The van der Waals surface area contributed by atoms with Gasteiger partial charge < -0.3 is 4.74 Å². The third kappa shape index (κ3) is 1.61. The second-order valence-corrected chi connectivity index (χ2v) is 4.92. The molecule has 0 amide bonds.